The van der Waals surface area contributed by atoms with Gasteiger partial charge >= 0.3 is 0 Å². The van der Waals surface area contributed by atoms with Crippen LogP contribution in [0.25, 0.3) is 0 Å². The van der Waals surface area contributed by atoms with Crippen molar-refractivity contribution in [1.82, 2.24) is 5.32 Å². The Morgan fingerprint density at radius 3 is 2.38 bits per heavy atom. The molecule has 16 heavy (non-hydrogen) atoms. The van der Waals surface area contributed by atoms with E-state index in [1.165, 1.54) is 12.1 Å². The number of aromatic hydroxyl groups is 1. The summed E-state index contributed by atoms with van der Waals surface area (Å²) in [5, 5.41) is 20.7. The highest BCUT2D eigenvalue weighted by Crippen LogP contribution is 2.29. The summed E-state index contributed by atoms with van der Waals surface area (Å²) in [4.78, 5) is 11.5. The van der Waals surface area contributed by atoms with E-state index in [-0.39, 0.29) is 11.3 Å². The maximum Gasteiger partial charge on any atom is 0.257 e. The zero-order chi connectivity index (χ0) is 12.3. The number of carbonyl (C=O) groups is 1. The Morgan fingerprint density at radius 1 is 1.31 bits per heavy atom. The number of hydrogen-bond acceptors (Lipinski definition) is 3. The highest BCUT2D eigenvalue weighted by molar-refractivity contribution is 6.68. The molecule has 88 valence electrons. The number of alkyl halides is 3. The summed E-state index contributed by atoms with van der Waals surface area (Å²) in [6, 6.07) is 5.81. The highest BCUT2D eigenvalue weighted by Gasteiger charge is 2.32. The summed E-state index contributed by atoms with van der Waals surface area (Å²) in [6.07, 6.45) is -1.66. The van der Waals surface area contributed by atoms with Crippen LogP contribution >= 0.6 is 34.8 Å². The quantitative estimate of drug-likeness (QED) is 0.573. The van der Waals surface area contributed by atoms with Crippen LogP contribution in [0.15, 0.2) is 24.3 Å². The largest absolute Gasteiger partial charge is 0.507 e. The normalized spacial score (nSPS) is 13.2. The van der Waals surface area contributed by atoms with Crippen molar-refractivity contribution in [3.8, 4) is 5.75 Å². The molecule has 1 unspecified atom stereocenters. The smallest absolute Gasteiger partial charge is 0.257 e. The fourth-order valence-corrected chi connectivity index (χ4v) is 1.11. The third-order valence-corrected chi connectivity index (χ3v) is 2.35. The van der Waals surface area contributed by atoms with Crippen LogP contribution in [0, 0.1) is 0 Å². The van der Waals surface area contributed by atoms with Crippen LogP contribution < -0.4 is 5.32 Å². The van der Waals surface area contributed by atoms with Gasteiger partial charge in [0.05, 0.1) is 5.56 Å². The number of amides is 1. The molecule has 0 aliphatic carbocycles. The number of carbonyl (C=O) groups excluding carboxylic acids is 1. The van der Waals surface area contributed by atoms with Crippen molar-refractivity contribution in [1.29, 1.82) is 0 Å². The second kappa shape index (κ2) is 5.10. The van der Waals surface area contributed by atoms with Gasteiger partial charge in [-0.2, -0.15) is 0 Å². The van der Waals surface area contributed by atoms with Gasteiger partial charge in [0.2, 0.25) is 3.79 Å². The van der Waals surface area contributed by atoms with Gasteiger partial charge in [0.1, 0.15) is 5.75 Å². The molecule has 0 radical (unpaired) electrons. The number of aliphatic hydroxyl groups excluding tert-OH is 1. The van der Waals surface area contributed by atoms with Gasteiger partial charge in [-0.1, -0.05) is 46.9 Å². The summed E-state index contributed by atoms with van der Waals surface area (Å²) in [5.74, 6) is -0.964. The van der Waals surface area contributed by atoms with Crippen LogP contribution in [0.3, 0.4) is 0 Å². The number of benzene rings is 1. The molecule has 0 bridgehead atoms. The standard InChI is InChI=1S/C9H8Cl3NO3/c10-9(11,12)8(16)13-7(15)5-3-1-2-4-6(5)14/h1-4,8,14,16H,(H,13,15). The van der Waals surface area contributed by atoms with E-state index >= 15 is 0 Å². The predicted octanol–water partition coefficient (Wildman–Crippen LogP) is 1.81. The molecular formula is C9H8Cl3NO3. The highest BCUT2D eigenvalue weighted by atomic mass is 35.6. The van der Waals surface area contributed by atoms with Crippen molar-refractivity contribution in [2.24, 2.45) is 0 Å². The van der Waals surface area contributed by atoms with E-state index in [9.17, 15) is 15.0 Å². The third kappa shape index (κ3) is 3.42. The molecule has 0 saturated heterocycles. The molecule has 1 aromatic carbocycles. The second-order valence-corrected chi connectivity index (χ2v) is 5.30. The molecule has 0 spiro atoms. The molecule has 0 heterocycles. The molecule has 0 fully saturated rings. The molecule has 1 amide bonds. The van der Waals surface area contributed by atoms with E-state index in [1.807, 2.05) is 5.32 Å². The van der Waals surface area contributed by atoms with Crippen molar-refractivity contribution >= 4 is 40.7 Å². The van der Waals surface area contributed by atoms with E-state index in [0.717, 1.165) is 0 Å². The number of hydrogen-bond donors (Lipinski definition) is 3. The van der Waals surface area contributed by atoms with Gasteiger partial charge in [0.25, 0.3) is 5.91 Å². The number of rotatable bonds is 2. The van der Waals surface area contributed by atoms with Crippen molar-refractivity contribution in [2.45, 2.75) is 10.0 Å². The molecule has 0 aromatic heterocycles. The van der Waals surface area contributed by atoms with Crippen LogP contribution in [0.2, 0.25) is 0 Å². The van der Waals surface area contributed by atoms with Crippen LogP contribution in [-0.4, -0.2) is 26.1 Å². The molecule has 1 aromatic rings. The Labute approximate surface area is 107 Å². The Kier molecular flexibility index (Phi) is 4.27. The van der Waals surface area contributed by atoms with Crippen LogP contribution in [0.4, 0.5) is 0 Å². The van der Waals surface area contributed by atoms with Gasteiger partial charge in [-0.15, -0.1) is 0 Å². The molecule has 1 atom stereocenters. The number of phenolic OH excluding ortho intramolecular Hbond substituents is 1. The average Bonchev–Trinajstić information content (AvgIpc) is 2.16. The minimum Gasteiger partial charge on any atom is -0.507 e. The molecule has 1 rings (SSSR count). The Morgan fingerprint density at radius 2 is 1.88 bits per heavy atom. The van der Waals surface area contributed by atoms with Crippen molar-refractivity contribution < 1.29 is 15.0 Å². The molecule has 3 N–H and O–H groups in total. The molecule has 0 saturated carbocycles. The fraction of sp³-hybridized carbons (Fsp3) is 0.222. The zero-order valence-electron chi connectivity index (χ0n) is 7.82. The van der Waals surface area contributed by atoms with E-state index in [1.54, 1.807) is 12.1 Å². The molecule has 0 aliphatic rings. The number of para-hydroxylation sites is 1. The van der Waals surface area contributed by atoms with E-state index in [2.05, 4.69) is 0 Å². The van der Waals surface area contributed by atoms with Gasteiger partial charge in [-0.05, 0) is 12.1 Å². The summed E-state index contributed by atoms with van der Waals surface area (Å²) in [6.45, 7) is 0. The molecular weight excluding hydrogens is 276 g/mol. The predicted molar refractivity (Wildman–Crippen MR) is 61.9 cm³/mol. The van der Waals surface area contributed by atoms with Gasteiger partial charge in [0.15, 0.2) is 6.23 Å². The maximum absolute atomic E-state index is 11.5. The average molecular weight is 285 g/mol. The zero-order valence-corrected chi connectivity index (χ0v) is 10.1. The Balaban J connectivity index is 2.78. The van der Waals surface area contributed by atoms with Gasteiger partial charge in [0, 0.05) is 0 Å². The second-order valence-electron chi connectivity index (χ2n) is 2.93. The minimum absolute atomic E-state index is 0.0178. The maximum atomic E-state index is 11.5. The van der Waals surface area contributed by atoms with Crippen molar-refractivity contribution in [3.63, 3.8) is 0 Å². The van der Waals surface area contributed by atoms with Gasteiger partial charge in [-0.25, -0.2) is 0 Å². The Bertz CT molecular complexity index is 392. The monoisotopic (exact) mass is 283 g/mol. The van der Waals surface area contributed by atoms with Crippen LogP contribution in [0.5, 0.6) is 5.75 Å². The number of halogens is 3. The summed E-state index contributed by atoms with van der Waals surface area (Å²) in [5.41, 5.74) is -0.0178. The number of phenols is 1. The first kappa shape index (κ1) is 13.4. The van der Waals surface area contributed by atoms with E-state index in [0.29, 0.717) is 0 Å². The first-order valence-electron chi connectivity index (χ1n) is 4.16. The fourth-order valence-electron chi connectivity index (χ4n) is 0.949. The Hall–Kier alpha value is -0.680. The van der Waals surface area contributed by atoms with Gasteiger partial charge < -0.3 is 15.5 Å². The van der Waals surface area contributed by atoms with E-state index < -0.39 is 15.9 Å². The lowest BCUT2D eigenvalue weighted by Crippen LogP contribution is -2.43. The SMILES string of the molecule is O=C(NC(O)C(Cl)(Cl)Cl)c1ccccc1O. The van der Waals surface area contributed by atoms with Crippen LogP contribution in [-0.2, 0) is 0 Å². The molecule has 0 aliphatic heterocycles. The number of aliphatic hydroxyl groups is 1. The van der Waals surface area contributed by atoms with Crippen LogP contribution in [0.1, 0.15) is 10.4 Å². The van der Waals surface area contributed by atoms with Crippen molar-refractivity contribution in [2.75, 3.05) is 0 Å². The van der Waals surface area contributed by atoms with Crippen molar-refractivity contribution in [3.05, 3.63) is 29.8 Å². The molecule has 4 nitrogen and oxygen atoms in total. The first-order chi connectivity index (χ1) is 7.32. The van der Waals surface area contributed by atoms with Gasteiger partial charge in [-0.3, -0.25) is 4.79 Å². The minimum atomic E-state index is -2.03. The lowest BCUT2D eigenvalue weighted by molar-refractivity contribution is 0.0789. The summed E-state index contributed by atoms with van der Waals surface area (Å²) < 4.78 is -2.03. The summed E-state index contributed by atoms with van der Waals surface area (Å²) >= 11 is 16.1. The first-order valence-corrected chi connectivity index (χ1v) is 5.29. The topological polar surface area (TPSA) is 69.6 Å². The van der Waals surface area contributed by atoms with E-state index in [4.69, 9.17) is 34.8 Å². The number of nitrogens with one attached hydrogen (secondary N) is 1. The third-order valence-electron chi connectivity index (χ3n) is 1.73. The lowest BCUT2D eigenvalue weighted by Gasteiger charge is -2.20. The lowest BCUT2D eigenvalue weighted by atomic mass is 10.2. The molecule has 7 heteroatoms. The summed E-state index contributed by atoms with van der Waals surface area (Å²) in [7, 11) is 0.